The fraction of sp³-hybridized carbons (Fsp3) is 0.476. The number of amides is 1. The summed E-state index contributed by atoms with van der Waals surface area (Å²) >= 11 is 0. The molecule has 2 heterocycles. The van der Waals surface area contributed by atoms with E-state index in [4.69, 9.17) is 0 Å². The van der Waals surface area contributed by atoms with Gasteiger partial charge in [0.05, 0.1) is 0 Å². The second kappa shape index (κ2) is 8.84. The van der Waals surface area contributed by atoms with Crippen LogP contribution in [0.1, 0.15) is 48.4 Å². The largest absolute Gasteiger partial charge is 0.371 e. The van der Waals surface area contributed by atoms with Crippen molar-refractivity contribution < 1.29 is 4.79 Å². The highest BCUT2D eigenvalue weighted by atomic mass is 16.2. The van der Waals surface area contributed by atoms with Crippen molar-refractivity contribution in [2.24, 2.45) is 5.92 Å². The number of nitrogens with zero attached hydrogens (tertiary/aromatic N) is 2. The topological polar surface area (TPSA) is 78.1 Å². The number of hydrogen-bond donors (Lipinski definition) is 2. The van der Waals surface area contributed by atoms with E-state index in [1.165, 1.54) is 17.7 Å². The summed E-state index contributed by atoms with van der Waals surface area (Å²) in [5.74, 6) is 0.108. The fourth-order valence-corrected chi connectivity index (χ4v) is 3.58. The molecule has 0 atom stereocenters. The van der Waals surface area contributed by atoms with E-state index in [1.807, 2.05) is 0 Å². The molecule has 0 saturated carbocycles. The Morgan fingerprint density at radius 3 is 2.96 bits per heavy atom. The number of benzene rings is 1. The molecule has 0 saturated heterocycles. The van der Waals surface area contributed by atoms with Crippen molar-refractivity contribution in [1.82, 2.24) is 15.3 Å². The molecule has 3 rings (SSSR count). The second-order valence-electron chi connectivity index (χ2n) is 7.52. The first-order valence-electron chi connectivity index (χ1n) is 9.74. The molecule has 0 radical (unpaired) electrons. The Kier molecular flexibility index (Phi) is 6.27. The first-order chi connectivity index (χ1) is 13.0. The number of nitrogens with one attached hydrogen (secondary N) is 2. The molecule has 6 nitrogen and oxygen atoms in total. The van der Waals surface area contributed by atoms with E-state index < -0.39 is 5.69 Å². The van der Waals surface area contributed by atoms with Crippen molar-refractivity contribution in [2.75, 3.05) is 24.5 Å². The number of rotatable bonds is 7. The molecule has 0 unspecified atom stereocenters. The minimum Gasteiger partial charge on any atom is -0.371 e. The predicted octanol–water partition coefficient (Wildman–Crippen LogP) is 2.54. The maximum absolute atomic E-state index is 12.3. The van der Waals surface area contributed by atoms with E-state index in [-0.39, 0.29) is 11.6 Å². The van der Waals surface area contributed by atoms with E-state index in [0.29, 0.717) is 18.9 Å². The van der Waals surface area contributed by atoms with Gasteiger partial charge in [-0.1, -0.05) is 32.0 Å². The first kappa shape index (κ1) is 19.1. The minimum atomic E-state index is -0.469. The van der Waals surface area contributed by atoms with Gasteiger partial charge in [-0.05, 0) is 49.3 Å². The Balaban J connectivity index is 1.52. The molecule has 1 amide bonds. The van der Waals surface area contributed by atoms with Gasteiger partial charge in [-0.3, -0.25) is 4.79 Å². The molecule has 0 spiro atoms. The van der Waals surface area contributed by atoms with Gasteiger partial charge in [-0.15, -0.1) is 0 Å². The minimum absolute atomic E-state index is 0.192. The molecule has 0 fully saturated rings. The normalized spacial score (nSPS) is 13.5. The lowest BCUT2D eigenvalue weighted by atomic mass is 10.0. The molecule has 0 aliphatic carbocycles. The second-order valence-corrected chi connectivity index (χ2v) is 7.52. The van der Waals surface area contributed by atoms with Gasteiger partial charge >= 0.3 is 5.69 Å². The quantitative estimate of drug-likeness (QED) is 0.736. The van der Waals surface area contributed by atoms with Gasteiger partial charge in [0.2, 0.25) is 0 Å². The zero-order valence-electron chi connectivity index (χ0n) is 16.1. The van der Waals surface area contributed by atoms with Gasteiger partial charge < -0.3 is 15.2 Å². The van der Waals surface area contributed by atoms with Crippen LogP contribution in [0.4, 0.5) is 5.69 Å². The molecule has 1 aliphatic heterocycles. The van der Waals surface area contributed by atoms with Crippen molar-refractivity contribution >= 4 is 11.6 Å². The molecule has 2 aromatic rings. The number of aromatic amines is 1. The molecule has 27 heavy (non-hydrogen) atoms. The zero-order chi connectivity index (χ0) is 19.2. The number of H-pyrrole nitrogens is 1. The molecule has 1 aromatic heterocycles. The van der Waals surface area contributed by atoms with E-state index in [9.17, 15) is 9.59 Å². The van der Waals surface area contributed by atoms with E-state index >= 15 is 0 Å². The number of hydrogen-bond acceptors (Lipinski definition) is 4. The summed E-state index contributed by atoms with van der Waals surface area (Å²) in [6, 6.07) is 10.2. The van der Waals surface area contributed by atoms with Gasteiger partial charge in [0.15, 0.2) is 0 Å². The van der Waals surface area contributed by atoms with E-state index in [0.717, 1.165) is 31.6 Å². The lowest BCUT2D eigenvalue weighted by molar-refractivity contribution is 0.0947. The van der Waals surface area contributed by atoms with Crippen LogP contribution in [0.3, 0.4) is 0 Å². The molecule has 144 valence electrons. The number of para-hydroxylation sites is 1. The first-order valence-corrected chi connectivity index (χ1v) is 9.74. The third-order valence-electron chi connectivity index (χ3n) is 4.76. The Morgan fingerprint density at radius 1 is 1.33 bits per heavy atom. The standard InChI is InChI=1S/C21H28N4O2/c1-15(2)13-17-14-18(24-21(27)23-17)20(26)22-10-6-12-25-11-5-8-16-7-3-4-9-19(16)25/h3-4,7,9,14-15H,5-6,8,10-13H2,1-2H3,(H,22,26)(H,23,24,27). The Bertz CT molecular complexity index is 844. The average Bonchev–Trinajstić information content (AvgIpc) is 2.64. The SMILES string of the molecule is CC(C)Cc1cc(C(=O)NCCCN2CCCc3ccccc32)nc(=O)[nH]1. The monoisotopic (exact) mass is 368 g/mol. The van der Waals surface area contributed by atoms with Gasteiger partial charge in [0.1, 0.15) is 5.69 Å². The molecule has 6 heteroatoms. The van der Waals surface area contributed by atoms with Crippen LogP contribution in [0, 0.1) is 5.92 Å². The molecule has 1 aromatic carbocycles. The third-order valence-corrected chi connectivity index (χ3v) is 4.76. The van der Waals surface area contributed by atoms with Crippen molar-refractivity contribution in [1.29, 1.82) is 0 Å². The van der Waals surface area contributed by atoms with Gasteiger partial charge in [-0.2, -0.15) is 4.98 Å². The molecule has 1 aliphatic rings. The van der Waals surface area contributed by atoms with Crippen LogP contribution in [0.2, 0.25) is 0 Å². The summed E-state index contributed by atoms with van der Waals surface area (Å²) < 4.78 is 0. The maximum atomic E-state index is 12.3. The third kappa shape index (κ3) is 5.18. The molecular weight excluding hydrogens is 340 g/mol. The Morgan fingerprint density at radius 2 is 2.15 bits per heavy atom. The van der Waals surface area contributed by atoms with Crippen LogP contribution in [0.25, 0.3) is 0 Å². The highest BCUT2D eigenvalue weighted by molar-refractivity contribution is 5.92. The van der Waals surface area contributed by atoms with Crippen molar-refractivity contribution in [3.63, 3.8) is 0 Å². The summed E-state index contributed by atoms with van der Waals surface area (Å²) in [5, 5.41) is 2.89. The van der Waals surface area contributed by atoms with Crippen LogP contribution < -0.4 is 15.9 Å². The van der Waals surface area contributed by atoms with Crippen molar-refractivity contribution in [3.8, 4) is 0 Å². The Hall–Kier alpha value is -2.63. The summed E-state index contributed by atoms with van der Waals surface area (Å²) in [4.78, 5) is 32.9. The van der Waals surface area contributed by atoms with Crippen LogP contribution in [0.5, 0.6) is 0 Å². The lowest BCUT2D eigenvalue weighted by Crippen LogP contribution is -2.34. The number of fused-ring (bicyclic) bond motifs is 1. The zero-order valence-corrected chi connectivity index (χ0v) is 16.1. The summed E-state index contributed by atoms with van der Waals surface area (Å²) in [6.07, 6.45) is 3.86. The van der Waals surface area contributed by atoms with Crippen molar-refractivity contribution in [2.45, 2.75) is 39.5 Å². The summed E-state index contributed by atoms with van der Waals surface area (Å²) in [6.45, 7) is 6.65. The van der Waals surface area contributed by atoms with E-state index in [1.54, 1.807) is 6.07 Å². The molecule has 0 bridgehead atoms. The smallest absolute Gasteiger partial charge is 0.345 e. The number of carbonyl (C=O) groups excluding carboxylic acids is 1. The maximum Gasteiger partial charge on any atom is 0.345 e. The summed E-state index contributed by atoms with van der Waals surface area (Å²) in [7, 11) is 0. The van der Waals surface area contributed by atoms with Crippen LogP contribution in [-0.2, 0) is 12.8 Å². The number of carbonyl (C=O) groups is 1. The molecular formula is C21H28N4O2. The van der Waals surface area contributed by atoms with Crippen LogP contribution in [-0.4, -0.2) is 35.5 Å². The number of anilines is 1. The summed E-state index contributed by atoms with van der Waals surface area (Å²) in [5.41, 5.74) is 3.18. The fourth-order valence-electron chi connectivity index (χ4n) is 3.58. The molecule has 2 N–H and O–H groups in total. The highest BCUT2D eigenvalue weighted by Gasteiger charge is 2.16. The van der Waals surface area contributed by atoms with Gasteiger partial charge in [0, 0.05) is 31.0 Å². The lowest BCUT2D eigenvalue weighted by Gasteiger charge is -2.31. The highest BCUT2D eigenvalue weighted by Crippen LogP contribution is 2.26. The van der Waals surface area contributed by atoms with Crippen LogP contribution in [0.15, 0.2) is 35.1 Å². The van der Waals surface area contributed by atoms with Crippen LogP contribution >= 0.6 is 0 Å². The number of aryl methyl sites for hydroxylation is 1. The van der Waals surface area contributed by atoms with Crippen molar-refractivity contribution in [3.05, 3.63) is 57.8 Å². The predicted molar refractivity (Wildman–Crippen MR) is 107 cm³/mol. The van der Waals surface area contributed by atoms with Gasteiger partial charge in [-0.25, -0.2) is 4.79 Å². The van der Waals surface area contributed by atoms with E-state index in [2.05, 4.69) is 58.3 Å². The van der Waals surface area contributed by atoms with Gasteiger partial charge in [0.25, 0.3) is 5.91 Å². The Labute approximate surface area is 160 Å². The average molecular weight is 368 g/mol. The number of aromatic nitrogens is 2.